The van der Waals surface area contributed by atoms with E-state index in [1.807, 2.05) is 0 Å². The minimum absolute atomic E-state index is 0.179. The van der Waals surface area contributed by atoms with E-state index in [-0.39, 0.29) is 12.1 Å². The monoisotopic (exact) mass is 248 g/mol. The summed E-state index contributed by atoms with van der Waals surface area (Å²) in [5, 5.41) is 5.61. The average Bonchev–Trinajstić information content (AvgIpc) is 2.33. The molecule has 94 valence electrons. The van der Waals surface area contributed by atoms with Crippen LogP contribution in [-0.2, 0) is 0 Å². The van der Waals surface area contributed by atoms with Gasteiger partial charge in [-0.15, -0.1) is 0 Å². The molecule has 1 aromatic rings. The van der Waals surface area contributed by atoms with Crippen LogP contribution >= 0.6 is 0 Å². The zero-order valence-corrected chi connectivity index (χ0v) is 8.99. The number of piperidine rings is 1. The Hall–Kier alpha value is -1.30. The van der Waals surface area contributed by atoms with Crippen molar-refractivity contribution in [3.8, 4) is 0 Å². The van der Waals surface area contributed by atoms with Gasteiger partial charge < -0.3 is 10.6 Å². The normalized spacial score (nSPS) is 17.2. The third kappa shape index (κ3) is 2.52. The fourth-order valence-electron chi connectivity index (χ4n) is 1.87. The van der Waals surface area contributed by atoms with Crippen molar-refractivity contribution in [3.63, 3.8) is 0 Å². The molecule has 0 aromatic heterocycles. The van der Waals surface area contributed by atoms with Crippen molar-refractivity contribution in [2.45, 2.75) is 18.9 Å². The van der Waals surface area contributed by atoms with E-state index >= 15 is 0 Å². The lowest BCUT2D eigenvalue weighted by molar-refractivity contribution is 0.444. The number of nitrogens with one attached hydrogen (secondary N) is 2. The Morgan fingerprint density at radius 3 is 2.06 bits per heavy atom. The van der Waals surface area contributed by atoms with E-state index in [2.05, 4.69) is 10.6 Å². The van der Waals surface area contributed by atoms with Crippen molar-refractivity contribution < 1.29 is 17.6 Å². The summed E-state index contributed by atoms with van der Waals surface area (Å²) in [7, 11) is 0. The Morgan fingerprint density at radius 1 is 1.00 bits per heavy atom. The van der Waals surface area contributed by atoms with E-state index in [9.17, 15) is 17.6 Å². The Kier molecular flexibility index (Phi) is 3.51. The van der Waals surface area contributed by atoms with E-state index in [0.29, 0.717) is 25.9 Å². The average molecular weight is 248 g/mol. The smallest absolute Gasteiger partial charge is 0.185 e. The van der Waals surface area contributed by atoms with Crippen molar-refractivity contribution in [3.05, 3.63) is 29.3 Å². The number of benzene rings is 1. The fourth-order valence-corrected chi connectivity index (χ4v) is 1.87. The van der Waals surface area contributed by atoms with E-state index in [1.165, 1.54) is 0 Å². The van der Waals surface area contributed by atoms with Gasteiger partial charge in [-0.05, 0) is 25.9 Å². The highest BCUT2D eigenvalue weighted by molar-refractivity contribution is 5.48. The number of anilines is 1. The van der Waals surface area contributed by atoms with Crippen molar-refractivity contribution in [2.24, 2.45) is 0 Å². The minimum atomic E-state index is -1.39. The van der Waals surface area contributed by atoms with Crippen LogP contribution in [0.3, 0.4) is 0 Å². The SMILES string of the molecule is Fc1cc(F)c(F)c(NC2CCNCC2)c1F. The summed E-state index contributed by atoms with van der Waals surface area (Å²) in [4.78, 5) is 0. The van der Waals surface area contributed by atoms with Gasteiger partial charge in [-0.2, -0.15) is 0 Å². The van der Waals surface area contributed by atoms with Crippen LogP contribution in [0.4, 0.5) is 23.2 Å². The van der Waals surface area contributed by atoms with Gasteiger partial charge >= 0.3 is 0 Å². The van der Waals surface area contributed by atoms with E-state index in [4.69, 9.17) is 0 Å². The third-order valence-electron chi connectivity index (χ3n) is 2.80. The number of halogens is 4. The van der Waals surface area contributed by atoms with Crippen LogP contribution in [0.5, 0.6) is 0 Å². The zero-order valence-electron chi connectivity index (χ0n) is 8.99. The molecule has 0 saturated carbocycles. The molecule has 6 heteroatoms. The second-order valence-electron chi connectivity index (χ2n) is 4.01. The Balaban J connectivity index is 2.24. The van der Waals surface area contributed by atoms with Gasteiger partial charge in [0.25, 0.3) is 0 Å². The Morgan fingerprint density at radius 2 is 1.53 bits per heavy atom. The molecule has 0 bridgehead atoms. The molecule has 1 saturated heterocycles. The molecule has 2 nitrogen and oxygen atoms in total. The molecule has 1 fully saturated rings. The first kappa shape index (κ1) is 12.2. The van der Waals surface area contributed by atoms with Crippen LogP contribution in [0.25, 0.3) is 0 Å². The Bertz CT molecular complexity index is 390. The highest BCUT2D eigenvalue weighted by atomic mass is 19.2. The molecule has 0 spiro atoms. The molecular weight excluding hydrogens is 236 g/mol. The Labute approximate surface area is 96.0 Å². The quantitative estimate of drug-likeness (QED) is 0.620. The molecule has 1 aromatic carbocycles. The molecule has 2 rings (SSSR count). The second kappa shape index (κ2) is 4.91. The lowest BCUT2D eigenvalue weighted by atomic mass is 10.1. The summed E-state index contributed by atoms with van der Waals surface area (Å²) in [6.45, 7) is 1.41. The maximum absolute atomic E-state index is 13.3. The molecule has 1 heterocycles. The van der Waals surface area contributed by atoms with Gasteiger partial charge in [-0.25, -0.2) is 17.6 Å². The lowest BCUT2D eigenvalue weighted by Crippen LogP contribution is -2.35. The van der Waals surface area contributed by atoms with Gasteiger partial charge in [0.2, 0.25) is 0 Å². The maximum atomic E-state index is 13.3. The molecule has 0 aliphatic carbocycles. The standard InChI is InChI=1S/C11H12F4N2/c12-7-5-8(13)10(15)11(9(7)14)17-6-1-3-16-4-2-6/h5-6,16-17H,1-4H2. The molecule has 17 heavy (non-hydrogen) atoms. The first-order chi connectivity index (χ1) is 8.09. The maximum Gasteiger partial charge on any atom is 0.185 e. The summed E-state index contributed by atoms with van der Waals surface area (Å²) in [6, 6.07) is 0.0274. The second-order valence-corrected chi connectivity index (χ2v) is 4.01. The van der Waals surface area contributed by atoms with Gasteiger partial charge in [0.05, 0.1) is 0 Å². The number of hydrogen-bond donors (Lipinski definition) is 2. The van der Waals surface area contributed by atoms with Crippen LogP contribution in [-0.4, -0.2) is 19.1 Å². The van der Waals surface area contributed by atoms with Gasteiger partial charge in [0.15, 0.2) is 23.3 Å². The zero-order chi connectivity index (χ0) is 12.4. The van der Waals surface area contributed by atoms with Crippen LogP contribution in [0.2, 0.25) is 0 Å². The van der Waals surface area contributed by atoms with Gasteiger partial charge in [0, 0.05) is 12.1 Å². The van der Waals surface area contributed by atoms with Crippen molar-refractivity contribution >= 4 is 5.69 Å². The highest BCUT2D eigenvalue weighted by Gasteiger charge is 2.22. The molecule has 1 aliphatic rings. The predicted molar refractivity (Wildman–Crippen MR) is 55.8 cm³/mol. The van der Waals surface area contributed by atoms with Crippen LogP contribution in [0.1, 0.15) is 12.8 Å². The molecule has 0 radical (unpaired) electrons. The number of hydrogen-bond acceptors (Lipinski definition) is 2. The summed E-state index contributed by atoms with van der Waals surface area (Å²) in [5.41, 5.74) is -0.714. The molecule has 0 amide bonds. The first-order valence-corrected chi connectivity index (χ1v) is 5.40. The van der Waals surface area contributed by atoms with Crippen LogP contribution < -0.4 is 10.6 Å². The van der Waals surface area contributed by atoms with Gasteiger partial charge in [0.1, 0.15) is 5.69 Å². The van der Waals surface area contributed by atoms with E-state index in [0.717, 1.165) is 0 Å². The highest BCUT2D eigenvalue weighted by Crippen LogP contribution is 2.25. The summed E-state index contributed by atoms with van der Waals surface area (Å²) >= 11 is 0. The summed E-state index contributed by atoms with van der Waals surface area (Å²) in [6.07, 6.45) is 1.30. The van der Waals surface area contributed by atoms with Gasteiger partial charge in [-0.1, -0.05) is 0 Å². The molecule has 0 unspecified atom stereocenters. The van der Waals surface area contributed by atoms with Gasteiger partial charge in [-0.3, -0.25) is 0 Å². The molecule has 1 aliphatic heterocycles. The lowest BCUT2D eigenvalue weighted by Gasteiger charge is -2.25. The first-order valence-electron chi connectivity index (χ1n) is 5.40. The topological polar surface area (TPSA) is 24.1 Å². The van der Waals surface area contributed by atoms with E-state index < -0.39 is 29.0 Å². The molecular formula is C11H12F4N2. The summed E-state index contributed by atoms with van der Waals surface area (Å²) < 4.78 is 52.6. The largest absolute Gasteiger partial charge is 0.377 e. The van der Waals surface area contributed by atoms with Crippen LogP contribution in [0.15, 0.2) is 6.07 Å². The fraction of sp³-hybridized carbons (Fsp3) is 0.455. The third-order valence-corrected chi connectivity index (χ3v) is 2.80. The molecule has 0 atom stereocenters. The summed E-state index contributed by atoms with van der Waals surface area (Å²) in [5.74, 6) is -5.52. The van der Waals surface area contributed by atoms with E-state index in [1.54, 1.807) is 0 Å². The van der Waals surface area contributed by atoms with Crippen LogP contribution in [0, 0.1) is 23.3 Å². The van der Waals surface area contributed by atoms with Crippen molar-refractivity contribution in [1.29, 1.82) is 0 Å². The van der Waals surface area contributed by atoms with Crippen molar-refractivity contribution in [2.75, 3.05) is 18.4 Å². The molecule has 2 N–H and O–H groups in total. The van der Waals surface area contributed by atoms with Crippen molar-refractivity contribution in [1.82, 2.24) is 5.32 Å². The number of rotatable bonds is 2. The predicted octanol–water partition coefficient (Wildman–Crippen LogP) is 2.41. The minimum Gasteiger partial charge on any atom is -0.377 e.